The average Bonchev–Trinajstić information content (AvgIpc) is 1.91. The Labute approximate surface area is 62.3 Å². The summed E-state index contributed by atoms with van der Waals surface area (Å²) in [6.07, 6.45) is 1.80. The van der Waals surface area contributed by atoms with Crippen molar-refractivity contribution in [3.63, 3.8) is 0 Å². The molecule has 0 unspecified atom stereocenters. The Morgan fingerprint density at radius 1 is 1.50 bits per heavy atom. The molecule has 1 N–H and O–H groups in total. The molecule has 0 aliphatic carbocycles. The van der Waals surface area contributed by atoms with Gasteiger partial charge in [-0.15, -0.1) is 0 Å². The van der Waals surface area contributed by atoms with E-state index >= 15 is 0 Å². The third-order valence-corrected chi connectivity index (χ3v) is 1.08. The van der Waals surface area contributed by atoms with Crippen LogP contribution < -0.4 is 5.32 Å². The van der Waals surface area contributed by atoms with Crippen LogP contribution in [-0.2, 0) is 6.54 Å². The Balaban J connectivity index is 0.000000810. The molecule has 2 heteroatoms. The van der Waals surface area contributed by atoms with Crippen molar-refractivity contribution in [3.8, 4) is 0 Å². The summed E-state index contributed by atoms with van der Waals surface area (Å²) in [4.78, 5) is 4.11. The zero-order valence-corrected chi connectivity index (χ0v) is 5.46. The van der Waals surface area contributed by atoms with Crippen molar-refractivity contribution in [1.29, 1.82) is 0 Å². The molecule has 0 aliphatic heterocycles. The summed E-state index contributed by atoms with van der Waals surface area (Å²) in [6.45, 7) is 0.848. The lowest BCUT2D eigenvalue weighted by atomic mass is 10.3. The van der Waals surface area contributed by atoms with E-state index in [1.165, 1.54) is 0 Å². The SMILES string of the molecule is C.CNCc1ccccn1. The first-order valence-corrected chi connectivity index (χ1v) is 2.98. The summed E-state index contributed by atoms with van der Waals surface area (Å²) < 4.78 is 0. The van der Waals surface area contributed by atoms with Crippen LogP contribution in [0.4, 0.5) is 0 Å². The number of hydrogen-bond donors (Lipinski definition) is 1. The van der Waals surface area contributed by atoms with Gasteiger partial charge in [-0.05, 0) is 19.2 Å². The van der Waals surface area contributed by atoms with Crippen LogP contribution in [0.1, 0.15) is 13.1 Å². The smallest absolute Gasteiger partial charge is 0.0541 e. The van der Waals surface area contributed by atoms with Crippen LogP contribution in [0.2, 0.25) is 0 Å². The molecule has 10 heavy (non-hydrogen) atoms. The molecule has 56 valence electrons. The second kappa shape index (κ2) is 4.94. The van der Waals surface area contributed by atoms with Crippen LogP contribution in [-0.4, -0.2) is 12.0 Å². The normalized spacial score (nSPS) is 8.50. The minimum atomic E-state index is 0. The van der Waals surface area contributed by atoms with Crippen LogP contribution in [0.15, 0.2) is 24.4 Å². The van der Waals surface area contributed by atoms with E-state index < -0.39 is 0 Å². The average molecular weight is 138 g/mol. The van der Waals surface area contributed by atoms with Crippen LogP contribution >= 0.6 is 0 Å². The van der Waals surface area contributed by atoms with E-state index in [0.29, 0.717) is 0 Å². The topological polar surface area (TPSA) is 24.9 Å². The van der Waals surface area contributed by atoms with Gasteiger partial charge in [0.2, 0.25) is 0 Å². The second-order valence-electron chi connectivity index (χ2n) is 1.85. The van der Waals surface area contributed by atoms with Crippen molar-refractivity contribution in [2.45, 2.75) is 14.0 Å². The molecule has 1 aromatic heterocycles. The molecule has 0 bridgehead atoms. The standard InChI is InChI=1S/C7H10N2.CH4/c1-8-6-7-4-2-3-5-9-7;/h2-5,8H,6H2,1H3;1H4. The van der Waals surface area contributed by atoms with Crippen molar-refractivity contribution in [1.82, 2.24) is 10.3 Å². The summed E-state index contributed by atoms with van der Waals surface area (Å²) >= 11 is 0. The summed E-state index contributed by atoms with van der Waals surface area (Å²) in [5.41, 5.74) is 1.08. The highest BCUT2D eigenvalue weighted by Crippen LogP contribution is 1.89. The maximum atomic E-state index is 4.11. The third kappa shape index (κ3) is 2.60. The molecule has 0 amide bonds. The van der Waals surface area contributed by atoms with Gasteiger partial charge in [-0.2, -0.15) is 0 Å². The molecule has 0 spiro atoms. The van der Waals surface area contributed by atoms with E-state index in [-0.39, 0.29) is 7.43 Å². The first kappa shape index (κ1) is 9.11. The molecule has 1 rings (SSSR count). The molecule has 0 saturated heterocycles. The van der Waals surface area contributed by atoms with E-state index in [2.05, 4.69) is 10.3 Å². The Kier molecular flexibility index (Phi) is 4.50. The fraction of sp³-hybridized carbons (Fsp3) is 0.375. The molecule has 1 heterocycles. The molecule has 0 atom stereocenters. The molecule has 0 aromatic carbocycles. The Morgan fingerprint density at radius 3 is 2.80 bits per heavy atom. The first-order chi connectivity index (χ1) is 4.43. The fourth-order valence-corrected chi connectivity index (χ4v) is 0.684. The molecule has 0 saturated carbocycles. The molecule has 2 nitrogen and oxygen atoms in total. The highest BCUT2D eigenvalue weighted by Gasteiger charge is 1.85. The monoisotopic (exact) mass is 138 g/mol. The summed E-state index contributed by atoms with van der Waals surface area (Å²) in [7, 11) is 1.91. The Bertz CT molecular complexity index is 160. The lowest BCUT2D eigenvalue weighted by Crippen LogP contribution is -2.05. The van der Waals surface area contributed by atoms with E-state index in [1.54, 1.807) is 6.20 Å². The van der Waals surface area contributed by atoms with Gasteiger partial charge >= 0.3 is 0 Å². The van der Waals surface area contributed by atoms with Gasteiger partial charge in [0.15, 0.2) is 0 Å². The first-order valence-electron chi connectivity index (χ1n) is 2.98. The minimum Gasteiger partial charge on any atom is -0.314 e. The lowest BCUT2D eigenvalue weighted by molar-refractivity contribution is 0.791. The lowest BCUT2D eigenvalue weighted by Gasteiger charge is -1.94. The van der Waals surface area contributed by atoms with E-state index in [9.17, 15) is 0 Å². The van der Waals surface area contributed by atoms with Gasteiger partial charge in [0, 0.05) is 12.7 Å². The molecule has 0 aliphatic rings. The molecular formula is C8H14N2. The van der Waals surface area contributed by atoms with E-state index in [0.717, 1.165) is 12.2 Å². The van der Waals surface area contributed by atoms with Gasteiger partial charge in [-0.3, -0.25) is 4.98 Å². The second-order valence-corrected chi connectivity index (χ2v) is 1.85. The third-order valence-electron chi connectivity index (χ3n) is 1.08. The number of pyridine rings is 1. The van der Waals surface area contributed by atoms with Gasteiger partial charge in [0.05, 0.1) is 5.69 Å². The van der Waals surface area contributed by atoms with Crippen molar-refractivity contribution >= 4 is 0 Å². The zero-order chi connectivity index (χ0) is 6.53. The van der Waals surface area contributed by atoms with Crippen LogP contribution in [0.3, 0.4) is 0 Å². The van der Waals surface area contributed by atoms with E-state index in [1.807, 2.05) is 25.2 Å². The Morgan fingerprint density at radius 2 is 2.30 bits per heavy atom. The summed E-state index contributed by atoms with van der Waals surface area (Å²) in [6, 6.07) is 5.90. The molecule has 1 aromatic rings. The maximum Gasteiger partial charge on any atom is 0.0541 e. The van der Waals surface area contributed by atoms with Crippen LogP contribution in [0, 0.1) is 0 Å². The molecule has 0 radical (unpaired) electrons. The Hall–Kier alpha value is -0.890. The number of rotatable bonds is 2. The van der Waals surface area contributed by atoms with Crippen molar-refractivity contribution in [2.24, 2.45) is 0 Å². The van der Waals surface area contributed by atoms with Gasteiger partial charge in [0.25, 0.3) is 0 Å². The van der Waals surface area contributed by atoms with Crippen LogP contribution in [0.25, 0.3) is 0 Å². The van der Waals surface area contributed by atoms with Gasteiger partial charge in [0.1, 0.15) is 0 Å². The fourth-order valence-electron chi connectivity index (χ4n) is 0.684. The van der Waals surface area contributed by atoms with Crippen molar-refractivity contribution < 1.29 is 0 Å². The quantitative estimate of drug-likeness (QED) is 0.668. The highest BCUT2D eigenvalue weighted by molar-refractivity contribution is 5.02. The number of nitrogens with one attached hydrogen (secondary N) is 1. The van der Waals surface area contributed by atoms with Gasteiger partial charge < -0.3 is 5.32 Å². The predicted octanol–water partition coefficient (Wildman–Crippen LogP) is 1.44. The molecular weight excluding hydrogens is 124 g/mol. The number of hydrogen-bond acceptors (Lipinski definition) is 2. The van der Waals surface area contributed by atoms with Crippen molar-refractivity contribution in [2.75, 3.05) is 7.05 Å². The van der Waals surface area contributed by atoms with Gasteiger partial charge in [-0.1, -0.05) is 13.5 Å². The number of nitrogens with zero attached hydrogens (tertiary/aromatic N) is 1. The predicted molar refractivity (Wildman–Crippen MR) is 43.7 cm³/mol. The number of aromatic nitrogens is 1. The summed E-state index contributed by atoms with van der Waals surface area (Å²) in [5, 5.41) is 3.02. The molecule has 0 fully saturated rings. The summed E-state index contributed by atoms with van der Waals surface area (Å²) in [5.74, 6) is 0. The zero-order valence-electron chi connectivity index (χ0n) is 5.46. The van der Waals surface area contributed by atoms with Gasteiger partial charge in [-0.25, -0.2) is 0 Å². The minimum absolute atomic E-state index is 0. The van der Waals surface area contributed by atoms with E-state index in [4.69, 9.17) is 0 Å². The highest BCUT2D eigenvalue weighted by atomic mass is 14.8. The maximum absolute atomic E-state index is 4.11. The largest absolute Gasteiger partial charge is 0.314 e. The van der Waals surface area contributed by atoms with Crippen LogP contribution in [0.5, 0.6) is 0 Å². The van der Waals surface area contributed by atoms with Crippen molar-refractivity contribution in [3.05, 3.63) is 30.1 Å².